The SMILES string of the molecule is N#Cc1ccc(-c2ccc(-n3c4ccccc4c4cc(-c5ccc6c(c5)c5ccccc5n6-c5ccc6c(c5)C(c5ccccc5)(c5ccccc5)c5ccccc5-6)ccc43)cc2)cc1.[C-]#[N+]c1cccc(-c2ccc(-n3c4ccccc4c4cc(-c5ccc6c(c5)c5ccccc5n6-c5ccc6c(c5)C(C)(C)c5ccccc5-6)ccc43)cc2)c1. The van der Waals surface area contributed by atoms with E-state index in [0.29, 0.717) is 11.3 Å². The monoisotopic (exact) mass is 1530 g/mol. The van der Waals surface area contributed by atoms with Crippen LogP contribution in [0.3, 0.4) is 0 Å². The van der Waals surface area contributed by atoms with E-state index in [1.54, 1.807) is 0 Å². The van der Waals surface area contributed by atoms with E-state index in [1.165, 1.54) is 171 Å². The van der Waals surface area contributed by atoms with Crippen LogP contribution in [0.5, 0.6) is 0 Å². The molecule has 0 saturated heterocycles. The van der Waals surface area contributed by atoms with Gasteiger partial charge in [-0.1, -0.05) is 287 Å². The van der Waals surface area contributed by atoms with Crippen molar-refractivity contribution < 1.29 is 0 Å². The molecule has 0 fully saturated rings. The van der Waals surface area contributed by atoms with Gasteiger partial charge in [-0.2, -0.15) is 5.26 Å². The summed E-state index contributed by atoms with van der Waals surface area (Å²) >= 11 is 0. The number of hydrogen-bond donors (Lipinski definition) is 0. The fraction of sp³-hybridized carbons (Fsp3) is 0.0351. The van der Waals surface area contributed by atoms with Gasteiger partial charge in [0.1, 0.15) is 0 Å². The average Bonchev–Trinajstić information content (AvgIpc) is 1.53. The third kappa shape index (κ3) is 10.7. The van der Waals surface area contributed by atoms with Crippen LogP contribution in [0, 0.1) is 17.9 Å². The van der Waals surface area contributed by atoms with Crippen molar-refractivity contribution in [1.29, 1.82) is 5.26 Å². The third-order valence-electron chi connectivity index (χ3n) is 25.8. The Morgan fingerprint density at radius 2 is 0.558 bits per heavy atom. The summed E-state index contributed by atoms with van der Waals surface area (Å²) in [4.78, 5) is 3.62. The van der Waals surface area contributed by atoms with E-state index in [0.717, 1.165) is 39.3 Å². The van der Waals surface area contributed by atoms with Crippen LogP contribution in [0.25, 0.3) is 182 Å². The molecule has 0 aliphatic heterocycles. The van der Waals surface area contributed by atoms with Gasteiger partial charge in [0.15, 0.2) is 5.69 Å². The van der Waals surface area contributed by atoms with Gasteiger partial charge in [0.05, 0.1) is 67.8 Å². The molecule has 0 bridgehead atoms. The lowest BCUT2D eigenvalue weighted by molar-refractivity contribution is 0.660. The molecule has 0 spiro atoms. The fourth-order valence-corrected chi connectivity index (χ4v) is 20.2. The Kier molecular flexibility index (Phi) is 15.9. The maximum atomic E-state index is 9.28. The second kappa shape index (κ2) is 27.4. The van der Waals surface area contributed by atoms with Crippen molar-refractivity contribution in [2.45, 2.75) is 24.7 Å². The Morgan fingerprint density at radius 1 is 0.242 bits per heavy atom. The first-order valence-electron chi connectivity index (χ1n) is 41.1. The van der Waals surface area contributed by atoms with E-state index in [1.807, 2.05) is 42.5 Å². The molecule has 560 valence electrons. The maximum Gasteiger partial charge on any atom is 0.187 e. The van der Waals surface area contributed by atoms with Gasteiger partial charge in [-0.3, -0.25) is 0 Å². The van der Waals surface area contributed by atoms with Gasteiger partial charge >= 0.3 is 0 Å². The van der Waals surface area contributed by atoms with Gasteiger partial charge in [0, 0.05) is 71.3 Å². The molecule has 0 unspecified atom stereocenters. The topological polar surface area (TPSA) is 47.9 Å². The Labute approximate surface area is 694 Å². The van der Waals surface area contributed by atoms with Crippen molar-refractivity contribution in [3.63, 3.8) is 0 Å². The fourth-order valence-electron chi connectivity index (χ4n) is 20.2. The molecule has 2 aliphatic carbocycles. The highest BCUT2D eigenvalue weighted by Gasteiger charge is 2.46. The lowest BCUT2D eigenvalue weighted by atomic mass is 9.67. The quantitative estimate of drug-likeness (QED) is 0.126. The zero-order valence-electron chi connectivity index (χ0n) is 65.9. The van der Waals surface area contributed by atoms with E-state index in [4.69, 9.17) is 6.57 Å². The van der Waals surface area contributed by atoms with E-state index in [9.17, 15) is 5.26 Å². The molecule has 0 radical (unpaired) electrons. The molecule has 120 heavy (non-hydrogen) atoms. The molecule has 0 atom stereocenters. The molecule has 6 heteroatoms. The van der Waals surface area contributed by atoms with E-state index >= 15 is 0 Å². The van der Waals surface area contributed by atoms with Gasteiger partial charge in [-0.15, -0.1) is 0 Å². The summed E-state index contributed by atoms with van der Waals surface area (Å²) in [7, 11) is 0. The van der Waals surface area contributed by atoms with Crippen molar-refractivity contribution in [3.8, 4) is 95.6 Å². The molecule has 4 heterocycles. The summed E-state index contributed by atoms with van der Waals surface area (Å²) < 4.78 is 9.63. The number of fused-ring (bicyclic) bond motifs is 18. The van der Waals surface area contributed by atoms with Crippen LogP contribution in [0.1, 0.15) is 52.8 Å². The molecule has 0 amide bonds. The highest BCUT2D eigenvalue weighted by molar-refractivity contribution is 6.15. The molecule has 0 N–H and O–H groups in total. The maximum absolute atomic E-state index is 9.28. The largest absolute Gasteiger partial charge is 0.309 e. The zero-order valence-corrected chi connectivity index (χ0v) is 65.9. The highest BCUT2D eigenvalue weighted by atomic mass is 15.0. The predicted molar refractivity (Wildman–Crippen MR) is 498 cm³/mol. The summed E-state index contributed by atoms with van der Waals surface area (Å²) in [6.45, 7) is 12.1. The molecule has 6 nitrogen and oxygen atoms in total. The second-order valence-electron chi connectivity index (χ2n) is 32.4. The van der Waals surface area contributed by atoms with E-state index < -0.39 is 5.41 Å². The minimum absolute atomic E-state index is 0.0643. The van der Waals surface area contributed by atoms with Crippen molar-refractivity contribution in [3.05, 3.63) is 463 Å². The van der Waals surface area contributed by atoms with Gasteiger partial charge in [-0.25, -0.2) is 4.85 Å². The van der Waals surface area contributed by atoms with Crippen LogP contribution in [0.2, 0.25) is 0 Å². The Morgan fingerprint density at radius 3 is 0.992 bits per heavy atom. The van der Waals surface area contributed by atoms with Gasteiger partial charge in [0.25, 0.3) is 0 Å². The molecule has 2 aliphatic rings. The summed E-state index contributed by atoms with van der Waals surface area (Å²) in [5.74, 6) is 0. The number of rotatable bonds is 10. The standard InChI is InChI=1S/C62H39N3.C52H35N3/c63-40-41-23-25-42(26-24-41)43-27-31-48(32-28-43)64-58-21-11-8-18-52(58)54-37-44(29-35-60(54)64)45-30-36-61-55(38-45)53-19-9-12-22-59(53)65(61)49-33-34-51-50-17-7-10-20-56(50)62(57(51)39-49,46-13-3-1-4-14-46)47-15-5-2-6-16-47;1-52(2)46-16-7-4-13-40(46)41-26-25-39(32-47(41)52)55-49-18-9-6-15-43(49)45-31-36(22-28-51(45)55)35-21-27-50-44(30-35)42-14-5-8-17-48(42)54(50)38-23-19-33(20-24-38)34-11-10-12-37(29-34)53-3/h1-39H;4-32H,1-2H3. The van der Waals surface area contributed by atoms with E-state index in [-0.39, 0.29) is 5.41 Å². The lowest BCUT2D eigenvalue weighted by Crippen LogP contribution is -2.28. The normalized spacial score (nSPS) is 12.9. The smallest absolute Gasteiger partial charge is 0.187 e. The summed E-state index contributed by atoms with van der Waals surface area (Å²) in [6.07, 6.45) is 0. The zero-order chi connectivity index (χ0) is 79.9. The number of para-hydroxylation sites is 4. The Bertz CT molecular complexity index is 8010. The number of hydrogen-bond acceptors (Lipinski definition) is 1. The molecular formula is C114H74N6. The van der Waals surface area contributed by atoms with Gasteiger partial charge < -0.3 is 18.3 Å². The van der Waals surface area contributed by atoms with Crippen molar-refractivity contribution in [2.75, 3.05) is 0 Å². The number of nitriles is 1. The minimum Gasteiger partial charge on any atom is -0.309 e. The summed E-state index contributed by atoms with van der Waals surface area (Å²) in [6, 6.07) is 152. The number of nitrogens with zero attached hydrogens (tertiary/aromatic N) is 6. The van der Waals surface area contributed by atoms with Crippen molar-refractivity contribution >= 4 is 92.9 Å². The molecule has 24 rings (SSSR count). The van der Waals surface area contributed by atoms with Gasteiger partial charge in [-0.05, 0) is 240 Å². The first kappa shape index (κ1) is 69.6. The average molecular weight is 1530 g/mol. The van der Waals surface area contributed by atoms with Crippen LogP contribution in [0.4, 0.5) is 5.69 Å². The van der Waals surface area contributed by atoms with E-state index in [2.05, 4.69) is 413 Å². The van der Waals surface area contributed by atoms with Crippen LogP contribution in [-0.4, -0.2) is 18.3 Å². The molecule has 4 aromatic heterocycles. The first-order valence-corrected chi connectivity index (χ1v) is 41.1. The van der Waals surface area contributed by atoms with Crippen LogP contribution in [-0.2, 0) is 10.8 Å². The molecule has 18 aromatic carbocycles. The third-order valence-corrected chi connectivity index (χ3v) is 25.8. The molecule has 0 saturated carbocycles. The van der Waals surface area contributed by atoms with Crippen molar-refractivity contribution in [2.24, 2.45) is 0 Å². The minimum atomic E-state index is -0.478. The molecule has 22 aromatic rings. The van der Waals surface area contributed by atoms with Crippen LogP contribution in [0.15, 0.2) is 413 Å². The number of benzene rings is 18. The Hall–Kier alpha value is -15.9. The Balaban J connectivity index is 0.000000142. The summed E-state index contributed by atoms with van der Waals surface area (Å²) in [5.41, 5.74) is 37.1. The lowest BCUT2D eigenvalue weighted by Gasteiger charge is -2.34. The highest BCUT2D eigenvalue weighted by Crippen LogP contribution is 2.57. The predicted octanol–water partition coefficient (Wildman–Crippen LogP) is 29.5. The molecular weight excluding hydrogens is 1450 g/mol. The summed E-state index contributed by atoms with van der Waals surface area (Å²) in [5, 5.41) is 19.1. The van der Waals surface area contributed by atoms with Crippen LogP contribution < -0.4 is 0 Å². The first-order chi connectivity index (χ1) is 59.2. The number of aromatic nitrogens is 4. The van der Waals surface area contributed by atoms with Crippen molar-refractivity contribution in [1.82, 2.24) is 18.3 Å². The van der Waals surface area contributed by atoms with Crippen LogP contribution >= 0.6 is 0 Å². The second-order valence-corrected chi connectivity index (χ2v) is 32.4. The van der Waals surface area contributed by atoms with Gasteiger partial charge in [0.2, 0.25) is 0 Å².